The number of nitrogens with one attached hydrogen (secondary N) is 1. The zero-order valence-corrected chi connectivity index (χ0v) is 14.2. The maximum Gasteiger partial charge on any atom is 0.253 e. The van der Waals surface area contributed by atoms with Crippen LogP contribution in [0.2, 0.25) is 0 Å². The molecule has 24 heavy (non-hydrogen) atoms. The second-order valence-electron chi connectivity index (χ2n) is 6.83. The van der Waals surface area contributed by atoms with Gasteiger partial charge in [-0.1, -0.05) is 32.0 Å². The molecule has 1 aliphatic heterocycles. The monoisotopic (exact) mass is 328 g/mol. The van der Waals surface area contributed by atoms with E-state index in [2.05, 4.69) is 18.8 Å². The smallest absolute Gasteiger partial charge is 0.253 e. The van der Waals surface area contributed by atoms with E-state index < -0.39 is 0 Å². The molecule has 3 rings (SSSR count). The number of aromatic amines is 1. The van der Waals surface area contributed by atoms with Gasteiger partial charge in [0.25, 0.3) is 11.5 Å². The van der Waals surface area contributed by atoms with Crippen molar-refractivity contribution in [2.75, 3.05) is 13.2 Å². The number of amides is 1. The van der Waals surface area contributed by atoms with Gasteiger partial charge in [-0.05, 0) is 36.3 Å². The Hall–Kier alpha value is -2.14. The molecule has 1 N–H and O–H groups in total. The van der Waals surface area contributed by atoms with Crippen LogP contribution in [0.25, 0.3) is 10.9 Å². The van der Waals surface area contributed by atoms with E-state index in [0.717, 1.165) is 23.7 Å². The largest absolute Gasteiger partial charge is 0.368 e. The predicted octanol–water partition coefficient (Wildman–Crippen LogP) is 2.69. The fraction of sp³-hybridized carbons (Fsp3) is 0.474. The van der Waals surface area contributed by atoms with Crippen molar-refractivity contribution in [3.05, 3.63) is 46.2 Å². The highest BCUT2D eigenvalue weighted by atomic mass is 16.5. The van der Waals surface area contributed by atoms with E-state index in [1.54, 1.807) is 4.90 Å². The Morgan fingerprint density at radius 2 is 2.17 bits per heavy atom. The topological polar surface area (TPSA) is 62.4 Å². The third-order valence-electron chi connectivity index (χ3n) is 4.29. The molecule has 0 bridgehead atoms. The van der Waals surface area contributed by atoms with Crippen LogP contribution in [-0.2, 0) is 16.1 Å². The SMILES string of the molecule is CC(C)CN(Cc1cc2ccccc2[nH]c1=O)C(=O)[C@H]1CCCO1. The van der Waals surface area contributed by atoms with Gasteiger partial charge in [-0.2, -0.15) is 0 Å². The highest BCUT2D eigenvalue weighted by Gasteiger charge is 2.29. The summed E-state index contributed by atoms with van der Waals surface area (Å²) in [5.41, 5.74) is 1.29. The third kappa shape index (κ3) is 3.67. The number of carbonyl (C=O) groups excluding carboxylic acids is 1. The van der Waals surface area contributed by atoms with E-state index >= 15 is 0 Å². The summed E-state index contributed by atoms with van der Waals surface area (Å²) in [4.78, 5) is 29.8. The molecule has 0 unspecified atom stereocenters. The van der Waals surface area contributed by atoms with Crippen molar-refractivity contribution in [3.8, 4) is 0 Å². The molecular weight excluding hydrogens is 304 g/mol. The van der Waals surface area contributed by atoms with Crippen molar-refractivity contribution in [2.45, 2.75) is 39.3 Å². The molecule has 1 fully saturated rings. The van der Waals surface area contributed by atoms with Crippen LogP contribution in [0.5, 0.6) is 0 Å². The predicted molar refractivity (Wildman–Crippen MR) is 93.8 cm³/mol. The van der Waals surface area contributed by atoms with Crippen LogP contribution in [0.3, 0.4) is 0 Å². The van der Waals surface area contributed by atoms with Crippen LogP contribution in [0.1, 0.15) is 32.3 Å². The fourth-order valence-electron chi connectivity index (χ4n) is 3.16. The van der Waals surface area contributed by atoms with Crippen LogP contribution >= 0.6 is 0 Å². The molecule has 5 heteroatoms. The minimum atomic E-state index is -0.358. The molecule has 0 spiro atoms. The number of rotatable bonds is 5. The number of hydrogen-bond acceptors (Lipinski definition) is 3. The van der Waals surface area contributed by atoms with Crippen molar-refractivity contribution >= 4 is 16.8 Å². The Balaban J connectivity index is 1.87. The van der Waals surface area contributed by atoms with Gasteiger partial charge in [0, 0.05) is 24.2 Å². The number of fused-ring (bicyclic) bond motifs is 1. The average Bonchev–Trinajstić information content (AvgIpc) is 3.08. The fourth-order valence-corrected chi connectivity index (χ4v) is 3.16. The summed E-state index contributed by atoms with van der Waals surface area (Å²) in [6.45, 7) is 5.71. The number of benzene rings is 1. The summed E-state index contributed by atoms with van der Waals surface area (Å²) in [6.07, 6.45) is 1.33. The minimum Gasteiger partial charge on any atom is -0.368 e. The first-order valence-corrected chi connectivity index (χ1v) is 8.56. The lowest BCUT2D eigenvalue weighted by atomic mass is 10.1. The standard InChI is InChI=1S/C19H24N2O3/c1-13(2)11-21(19(23)17-8-5-9-24-17)12-15-10-14-6-3-4-7-16(14)20-18(15)22/h3-4,6-7,10,13,17H,5,8-9,11-12H2,1-2H3,(H,20,22)/t17-/m1/s1. The van der Waals surface area contributed by atoms with Gasteiger partial charge >= 0.3 is 0 Å². The number of para-hydroxylation sites is 1. The molecule has 0 radical (unpaired) electrons. The Bertz CT molecular complexity index is 776. The van der Waals surface area contributed by atoms with E-state index in [9.17, 15) is 9.59 Å². The van der Waals surface area contributed by atoms with Crippen LogP contribution in [0, 0.1) is 5.92 Å². The zero-order chi connectivity index (χ0) is 17.1. The Morgan fingerprint density at radius 3 is 2.88 bits per heavy atom. The molecule has 0 saturated carbocycles. The first kappa shape index (κ1) is 16.7. The molecule has 2 aromatic rings. The number of carbonyl (C=O) groups is 1. The molecule has 2 heterocycles. The molecule has 1 atom stereocenters. The van der Waals surface area contributed by atoms with Crippen LogP contribution in [0.4, 0.5) is 0 Å². The summed E-state index contributed by atoms with van der Waals surface area (Å²) in [5, 5.41) is 0.973. The van der Waals surface area contributed by atoms with Crippen LogP contribution in [-0.4, -0.2) is 35.0 Å². The summed E-state index contributed by atoms with van der Waals surface area (Å²) >= 11 is 0. The zero-order valence-electron chi connectivity index (χ0n) is 14.2. The van der Waals surface area contributed by atoms with Gasteiger partial charge in [0.2, 0.25) is 0 Å². The molecular formula is C19H24N2O3. The van der Waals surface area contributed by atoms with Gasteiger partial charge in [-0.15, -0.1) is 0 Å². The Kier molecular flexibility index (Phi) is 5.00. The lowest BCUT2D eigenvalue weighted by molar-refractivity contribution is -0.142. The summed E-state index contributed by atoms with van der Waals surface area (Å²) in [5.74, 6) is 0.323. The number of nitrogens with zero attached hydrogens (tertiary/aromatic N) is 1. The maximum absolute atomic E-state index is 12.7. The molecule has 0 aliphatic carbocycles. The van der Waals surface area contributed by atoms with Gasteiger partial charge in [-0.3, -0.25) is 9.59 Å². The average molecular weight is 328 g/mol. The van der Waals surface area contributed by atoms with Crippen molar-refractivity contribution < 1.29 is 9.53 Å². The first-order valence-electron chi connectivity index (χ1n) is 8.56. The number of H-pyrrole nitrogens is 1. The summed E-state index contributed by atoms with van der Waals surface area (Å²) in [6, 6.07) is 9.55. The molecule has 128 valence electrons. The van der Waals surface area contributed by atoms with Crippen molar-refractivity contribution in [2.24, 2.45) is 5.92 Å². The quantitative estimate of drug-likeness (QED) is 0.918. The summed E-state index contributed by atoms with van der Waals surface area (Å²) < 4.78 is 5.54. The van der Waals surface area contributed by atoms with Gasteiger partial charge in [-0.25, -0.2) is 0 Å². The lowest BCUT2D eigenvalue weighted by Crippen LogP contribution is -2.41. The molecule has 1 amide bonds. The van der Waals surface area contributed by atoms with Crippen LogP contribution in [0.15, 0.2) is 35.1 Å². The second-order valence-corrected chi connectivity index (χ2v) is 6.83. The van der Waals surface area contributed by atoms with Gasteiger partial charge in [0.1, 0.15) is 6.10 Å². The molecule has 1 saturated heterocycles. The van der Waals surface area contributed by atoms with Gasteiger partial charge in [0.15, 0.2) is 0 Å². The normalized spacial score (nSPS) is 17.5. The van der Waals surface area contributed by atoms with Crippen molar-refractivity contribution in [3.63, 3.8) is 0 Å². The molecule has 5 nitrogen and oxygen atoms in total. The van der Waals surface area contributed by atoms with E-state index in [1.165, 1.54) is 0 Å². The third-order valence-corrected chi connectivity index (χ3v) is 4.29. The Morgan fingerprint density at radius 1 is 1.38 bits per heavy atom. The van der Waals surface area contributed by atoms with E-state index in [0.29, 0.717) is 31.2 Å². The number of hydrogen-bond donors (Lipinski definition) is 1. The minimum absolute atomic E-state index is 0.00578. The molecule has 1 aliphatic rings. The van der Waals surface area contributed by atoms with E-state index in [4.69, 9.17) is 4.74 Å². The molecule has 1 aromatic carbocycles. The van der Waals surface area contributed by atoms with Crippen LogP contribution < -0.4 is 5.56 Å². The maximum atomic E-state index is 12.7. The number of aromatic nitrogens is 1. The van der Waals surface area contributed by atoms with E-state index in [1.807, 2.05) is 30.3 Å². The van der Waals surface area contributed by atoms with Crippen molar-refractivity contribution in [1.29, 1.82) is 0 Å². The molecule has 1 aromatic heterocycles. The highest BCUT2D eigenvalue weighted by Crippen LogP contribution is 2.18. The number of pyridine rings is 1. The van der Waals surface area contributed by atoms with Crippen molar-refractivity contribution in [1.82, 2.24) is 9.88 Å². The lowest BCUT2D eigenvalue weighted by Gasteiger charge is -2.27. The van der Waals surface area contributed by atoms with Gasteiger partial charge in [0.05, 0.1) is 6.54 Å². The number of ether oxygens (including phenoxy) is 1. The summed E-state index contributed by atoms with van der Waals surface area (Å²) in [7, 11) is 0. The first-order chi connectivity index (χ1) is 11.5. The van der Waals surface area contributed by atoms with E-state index in [-0.39, 0.29) is 17.6 Å². The second kappa shape index (κ2) is 7.18. The highest BCUT2D eigenvalue weighted by molar-refractivity contribution is 5.82. The van der Waals surface area contributed by atoms with Gasteiger partial charge < -0.3 is 14.6 Å². The Labute approximate surface area is 141 Å².